The van der Waals surface area contributed by atoms with Crippen molar-refractivity contribution in [3.05, 3.63) is 75.3 Å². The Morgan fingerprint density at radius 1 is 1.21 bits per heavy atom. The minimum absolute atomic E-state index is 0.0788. The number of rotatable bonds is 4. The third-order valence-electron chi connectivity index (χ3n) is 3.00. The van der Waals surface area contributed by atoms with E-state index in [4.69, 9.17) is 0 Å². The summed E-state index contributed by atoms with van der Waals surface area (Å²) < 4.78 is 0. The molecule has 3 nitrogen and oxygen atoms in total. The molecule has 2 aromatic rings. The highest BCUT2D eigenvalue weighted by atomic mass is 79.9. The first kappa shape index (κ1) is 13.7. The fourth-order valence-corrected chi connectivity index (χ4v) is 2.64. The zero-order chi connectivity index (χ0) is 13.8. The van der Waals surface area contributed by atoms with E-state index in [1.165, 1.54) is 0 Å². The zero-order valence-electron chi connectivity index (χ0n) is 10.5. The van der Waals surface area contributed by atoms with Gasteiger partial charge in [0, 0.05) is 16.5 Å². The molecule has 0 radical (unpaired) electrons. The van der Waals surface area contributed by atoms with Gasteiger partial charge in [0.1, 0.15) is 0 Å². The van der Waals surface area contributed by atoms with Gasteiger partial charge in [0.2, 0.25) is 0 Å². The standard InChI is InChI=1S/C15H14BrNO2/c1-11-7-8-13(15(9-11)17(18)19)10-14(16)12-5-3-2-4-6-12/h2-9,14H,10H2,1H3. The van der Waals surface area contributed by atoms with Gasteiger partial charge in [-0.25, -0.2) is 0 Å². The predicted molar refractivity (Wildman–Crippen MR) is 79.6 cm³/mol. The van der Waals surface area contributed by atoms with Gasteiger partial charge in [0.15, 0.2) is 0 Å². The Labute approximate surface area is 120 Å². The summed E-state index contributed by atoms with van der Waals surface area (Å²) >= 11 is 3.60. The molecule has 0 heterocycles. The lowest BCUT2D eigenvalue weighted by Crippen LogP contribution is -2.00. The molecule has 0 aliphatic carbocycles. The molecule has 0 N–H and O–H groups in total. The maximum Gasteiger partial charge on any atom is 0.272 e. The fourth-order valence-electron chi connectivity index (χ4n) is 1.99. The summed E-state index contributed by atoms with van der Waals surface area (Å²) in [6.45, 7) is 1.86. The van der Waals surface area contributed by atoms with Gasteiger partial charge in [-0.15, -0.1) is 0 Å². The summed E-state index contributed by atoms with van der Waals surface area (Å²) in [4.78, 5) is 10.8. The van der Waals surface area contributed by atoms with E-state index in [0.29, 0.717) is 6.42 Å². The van der Waals surface area contributed by atoms with Gasteiger partial charge in [-0.2, -0.15) is 0 Å². The Hall–Kier alpha value is -1.68. The molecule has 0 saturated heterocycles. The van der Waals surface area contributed by atoms with Crippen molar-refractivity contribution in [3.8, 4) is 0 Å². The molecule has 4 heteroatoms. The largest absolute Gasteiger partial charge is 0.272 e. The van der Waals surface area contributed by atoms with E-state index in [1.54, 1.807) is 6.07 Å². The average Bonchev–Trinajstić information content (AvgIpc) is 2.41. The first-order valence-electron chi connectivity index (χ1n) is 6.01. The quantitative estimate of drug-likeness (QED) is 0.470. The lowest BCUT2D eigenvalue weighted by atomic mass is 10.0. The molecule has 0 aliphatic rings. The van der Waals surface area contributed by atoms with Gasteiger partial charge in [0.25, 0.3) is 5.69 Å². The van der Waals surface area contributed by atoms with Crippen LogP contribution in [-0.2, 0) is 6.42 Å². The van der Waals surface area contributed by atoms with Crippen LogP contribution in [0.4, 0.5) is 5.69 Å². The van der Waals surface area contributed by atoms with Crippen molar-refractivity contribution in [1.29, 1.82) is 0 Å². The highest BCUT2D eigenvalue weighted by molar-refractivity contribution is 9.09. The number of nitrogens with zero attached hydrogens (tertiary/aromatic N) is 1. The summed E-state index contributed by atoms with van der Waals surface area (Å²) in [6.07, 6.45) is 0.598. The molecule has 19 heavy (non-hydrogen) atoms. The van der Waals surface area contributed by atoms with Crippen molar-refractivity contribution >= 4 is 21.6 Å². The first-order chi connectivity index (χ1) is 9.08. The minimum atomic E-state index is -0.312. The zero-order valence-corrected chi connectivity index (χ0v) is 12.1. The molecule has 2 aromatic carbocycles. The van der Waals surface area contributed by atoms with Crippen LogP contribution in [0.15, 0.2) is 48.5 Å². The molecule has 0 bridgehead atoms. The molecule has 0 amide bonds. The molecular formula is C15H14BrNO2. The van der Waals surface area contributed by atoms with Crippen molar-refractivity contribution in [2.45, 2.75) is 18.2 Å². The Morgan fingerprint density at radius 2 is 1.89 bits per heavy atom. The Balaban J connectivity index is 2.26. The molecule has 98 valence electrons. The molecule has 1 unspecified atom stereocenters. The van der Waals surface area contributed by atoms with Crippen molar-refractivity contribution in [3.63, 3.8) is 0 Å². The van der Waals surface area contributed by atoms with Crippen LogP contribution in [0.1, 0.15) is 21.5 Å². The van der Waals surface area contributed by atoms with Crippen LogP contribution in [0.5, 0.6) is 0 Å². The molecule has 1 atom stereocenters. The predicted octanol–water partition coefficient (Wildman–Crippen LogP) is 4.58. The van der Waals surface area contributed by atoms with Gasteiger partial charge in [-0.05, 0) is 24.5 Å². The number of aryl methyl sites for hydroxylation is 1. The van der Waals surface area contributed by atoms with Gasteiger partial charge < -0.3 is 0 Å². The number of alkyl halides is 1. The highest BCUT2D eigenvalue weighted by Gasteiger charge is 2.17. The van der Waals surface area contributed by atoms with Crippen LogP contribution >= 0.6 is 15.9 Å². The number of hydrogen-bond acceptors (Lipinski definition) is 2. The van der Waals surface area contributed by atoms with Gasteiger partial charge in [-0.3, -0.25) is 10.1 Å². The normalized spacial score (nSPS) is 12.1. The van der Waals surface area contributed by atoms with Crippen LogP contribution < -0.4 is 0 Å². The third-order valence-corrected chi connectivity index (χ3v) is 3.85. The van der Waals surface area contributed by atoms with E-state index >= 15 is 0 Å². The van der Waals surface area contributed by atoms with Gasteiger partial charge in [0.05, 0.1) is 4.92 Å². The first-order valence-corrected chi connectivity index (χ1v) is 6.92. The monoisotopic (exact) mass is 319 g/mol. The van der Waals surface area contributed by atoms with Crippen LogP contribution in [0.25, 0.3) is 0 Å². The smallest absolute Gasteiger partial charge is 0.258 e. The van der Waals surface area contributed by atoms with E-state index in [9.17, 15) is 10.1 Å². The number of nitro benzene ring substituents is 1. The van der Waals surface area contributed by atoms with E-state index in [-0.39, 0.29) is 15.4 Å². The Bertz CT molecular complexity index is 584. The molecular weight excluding hydrogens is 306 g/mol. The Morgan fingerprint density at radius 3 is 2.53 bits per heavy atom. The van der Waals surface area contributed by atoms with E-state index < -0.39 is 0 Å². The summed E-state index contributed by atoms with van der Waals surface area (Å²) in [7, 11) is 0. The maximum atomic E-state index is 11.1. The van der Waals surface area contributed by atoms with Gasteiger partial charge in [-0.1, -0.05) is 58.4 Å². The fraction of sp³-hybridized carbons (Fsp3) is 0.200. The second-order valence-electron chi connectivity index (χ2n) is 4.47. The van der Waals surface area contributed by atoms with E-state index in [2.05, 4.69) is 15.9 Å². The second kappa shape index (κ2) is 5.97. The summed E-state index contributed by atoms with van der Waals surface area (Å²) in [5.41, 5.74) is 2.97. The number of benzene rings is 2. The van der Waals surface area contributed by atoms with Crippen molar-refractivity contribution in [2.24, 2.45) is 0 Å². The lowest BCUT2D eigenvalue weighted by molar-refractivity contribution is -0.385. The molecule has 0 spiro atoms. The number of hydrogen-bond donors (Lipinski definition) is 0. The van der Waals surface area contributed by atoms with Crippen LogP contribution in [-0.4, -0.2) is 4.92 Å². The molecule has 0 aliphatic heterocycles. The number of nitro groups is 1. The van der Waals surface area contributed by atoms with E-state index in [1.807, 2.05) is 49.4 Å². The summed E-state index contributed by atoms with van der Waals surface area (Å²) in [5.74, 6) is 0. The summed E-state index contributed by atoms with van der Waals surface area (Å²) in [5, 5.41) is 11.1. The maximum absolute atomic E-state index is 11.1. The third kappa shape index (κ3) is 3.41. The minimum Gasteiger partial charge on any atom is -0.258 e. The van der Waals surface area contributed by atoms with E-state index in [0.717, 1.165) is 16.7 Å². The van der Waals surface area contributed by atoms with Crippen molar-refractivity contribution in [1.82, 2.24) is 0 Å². The molecule has 0 aromatic heterocycles. The lowest BCUT2D eigenvalue weighted by Gasteiger charge is -2.11. The van der Waals surface area contributed by atoms with Gasteiger partial charge >= 0.3 is 0 Å². The van der Waals surface area contributed by atoms with Crippen LogP contribution in [0.2, 0.25) is 0 Å². The topological polar surface area (TPSA) is 43.1 Å². The highest BCUT2D eigenvalue weighted by Crippen LogP contribution is 2.31. The number of halogens is 1. The second-order valence-corrected chi connectivity index (χ2v) is 5.58. The van der Waals surface area contributed by atoms with Crippen molar-refractivity contribution < 1.29 is 4.92 Å². The SMILES string of the molecule is Cc1ccc(CC(Br)c2ccccc2)c([N+](=O)[O-])c1. The molecule has 2 rings (SSSR count). The molecule has 0 saturated carbocycles. The average molecular weight is 320 g/mol. The van der Waals surface area contributed by atoms with Crippen LogP contribution in [0.3, 0.4) is 0 Å². The van der Waals surface area contributed by atoms with Crippen LogP contribution in [0, 0.1) is 17.0 Å². The van der Waals surface area contributed by atoms with Crippen molar-refractivity contribution in [2.75, 3.05) is 0 Å². The summed E-state index contributed by atoms with van der Waals surface area (Å²) in [6, 6.07) is 15.3. The molecule has 0 fully saturated rings. The Kier molecular flexibility index (Phi) is 4.32.